The Labute approximate surface area is 56.6 Å². The van der Waals surface area contributed by atoms with E-state index in [1.807, 2.05) is 0 Å². The SMILES string of the molecule is NC1[C@H]2CCCCC[C@@H]12. The highest BCUT2D eigenvalue weighted by Gasteiger charge is 2.46. The van der Waals surface area contributed by atoms with Crippen molar-refractivity contribution in [3.05, 3.63) is 0 Å². The van der Waals surface area contributed by atoms with E-state index in [1.165, 1.54) is 32.1 Å². The summed E-state index contributed by atoms with van der Waals surface area (Å²) in [5.41, 5.74) is 5.84. The minimum absolute atomic E-state index is 0.602. The van der Waals surface area contributed by atoms with Crippen molar-refractivity contribution in [1.29, 1.82) is 0 Å². The van der Waals surface area contributed by atoms with Crippen LogP contribution in [0.4, 0.5) is 0 Å². The van der Waals surface area contributed by atoms with Gasteiger partial charge in [-0.05, 0) is 24.7 Å². The zero-order valence-electron chi connectivity index (χ0n) is 5.84. The van der Waals surface area contributed by atoms with Crippen molar-refractivity contribution in [2.75, 3.05) is 0 Å². The van der Waals surface area contributed by atoms with Gasteiger partial charge in [-0.15, -0.1) is 0 Å². The topological polar surface area (TPSA) is 26.0 Å². The lowest BCUT2D eigenvalue weighted by Crippen LogP contribution is -2.04. The van der Waals surface area contributed by atoms with Crippen LogP contribution in [-0.2, 0) is 0 Å². The summed E-state index contributed by atoms with van der Waals surface area (Å²) in [6.07, 6.45) is 7.18. The number of rotatable bonds is 0. The van der Waals surface area contributed by atoms with Crippen molar-refractivity contribution in [2.24, 2.45) is 17.6 Å². The average Bonchev–Trinajstić information content (AvgIpc) is 2.51. The normalized spacial score (nSPS) is 49.7. The summed E-state index contributed by atoms with van der Waals surface area (Å²) in [5.74, 6) is 1.87. The van der Waals surface area contributed by atoms with Crippen LogP contribution in [0.3, 0.4) is 0 Å². The van der Waals surface area contributed by atoms with Gasteiger partial charge < -0.3 is 5.73 Å². The molecular formula is C8H15N. The van der Waals surface area contributed by atoms with Gasteiger partial charge >= 0.3 is 0 Å². The summed E-state index contributed by atoms with van der Waals surface area (Å²) < 4.78 is 0. The lowest BCUT2D eigenvalue weighted by atomic mass is 10.1. The zero-order valence-corrected chi connectivity index (χ0v) is 5.84. The molecule has 0 aromatic carbocycles. The van der Waals surface area contributed by atoms with E-state index in [-0.39, 0.29) is 0 Å². The molecule has 0 radical (unpaired) electrons. The molecule has 0 aromatic rings. The third kappa shape index (κ3) is 0.877. The van der Waals surface area contributed by atoms with Crippen molar-refractivity contribution in [1.82, 2.24) is 0 Å². The van der Waals surface area contributed by atoms with Gasteiger partial charge in [-0.25, -0.2) is 0 Å². The van der Waals surface area contributed by atoms with Gasteiger partial charge in [-0.1, -0.05) is 19.3 Å². The third-order valence-corrected chi connectivity index (χ3v) is 2.97. The van der Waals surface area contributed by atoms with E-state index in [1.54, 1.807) is 0 Å². The van der Waals surface area contributed by atoms with Gasteiger partial charge in [0.25, 0.3) is 0 Å². The number of hydrogen-bond donors (Lipinski definition) is 1. The largest absolute Gasteiger partial charge is 0.327 e. The molecule has 0 aromatic heterocycles. The third-order valence-electron chi connectivity index (χ3n) is 2.97. The highest BCUT2D eigenvalue weighted by atomic mass is 14.8. The van der Waals surface area contributed by atoms with Gasteiger partial charge in [0, 0.05) is 6.04 Å². The molecular weight excluding hydrogens is 110 g/mol. The second kappa shape index (κ2) is 1.98. The summed E-state index contributed by atoms with van der Waals surface area (Å²) >= 11 is 0. The maximum absolute atomic E-state index is 5.84. The first kappa shape index (κ1) is 5.72. The van der Waals surface area contributed by atoms with Crippen LogP contribution in [-0.4, -0.2) is 6.04 Å². The van der Waals surface area contributed by atoms with E-state index < -0.39 is 0 Å². The average molecular weight is 125 g/mol. The summed E-state index contributed by atoms with van der Waals surface area (Å²) in [6, 6.07) is 0.602. The van der Waals surface area contributed by atoms with Gasteiger partial charge in [0.2, 0.25) is 0 Å². The minimum atomic E-state index is 0.602. The Balaban J connectivity index is 1.93. The second-order valence-corrected chi connectivity index (χ2v) is 3.54. The summed E-state index contributed by atoms with van der Waals surface area (Å²) in [4.78, 5) is 0. The van der Waals surface area contributed by atoms with Gasteiger partial charge in [0.15, 0.2) is 0 Å². The molecule has 52 valence electrons. The molecule has 1 nitrogen and oxygen atoms in total. The van der Waals surface area contributed by atoms with Crippen molar-refractivity contribution in [3.8, 4) is 0 Å². The molecule has 1 unspecified atom stereocenters. The molecule has 9 heavy (non-hydrogen) atoms. The van der Waals surface area contributed by atoms with Crippen LogP contribution in [0, 0.1) is 11.8 Å². The van der Waals surface area contributed by atoms with E-state index in [9.17, 15) is 0 Å². The Morgan fingerprint density at radius 1 is 0.889 bits per heavy atom. The molecule has 2 aliphatic carbocycles. The monoisotopic (exact) mass is 125 g/mol. The van der Waals surface area contributed by atoms with E-state index in [0.717, 1.165) is 11.8 Å². The summed E-state index contributed by atoms with van der Waals surface area (Å²) in [5, 5.41) is 0. The van der Waals surface area contributed by atoms with E-state index in [2.05, 4.69) is 0 Å². The van der Waals surface area contributed by atoms with Crippen molar-refractivity contribution in [2.45, 2.75) is 38.1 Å². The van der Waals surface area contributed by atoms with Crippen LogP contribution in [0.2, 0.25) is 0 Å². The molecule has 2 aliphatic rings. The molecule has 2 saturated carbocycles. The fourth-order valence-corrected chi connectivity index (χ4v) is 2.22. The molecule has 0 heterocycles. The molecule has 2 rings (SSSR count). The maximum Gasteiger partial charge on any atom is 0.0102 e. The van der Waals surface area contributed by atoms with Crippen molar-refractivity contribution < 1.29 is 0 Å². The molecule has 0 saturated heterocycles. The van der Waals surface area contributed by atoms with Crippen molar-refractivity contribution >= 4 is 0 Å². The van der Waals surface area contributed by atoms with Crippen LogP contribution >= 0.6 is 0 Å². The van der Waals surface area contributed by atoms with E-state index in [0.29, 0.717) is 6.04 Å². The fourth-order valence-electron chi connectivity index (χ4n) is 2.22. The summed E-state index contributed by atoms with van der Waals surface area (Å²) in [7, 11) is 0. The molecule has 0 aliphatic heterocycles. The standard InChI is InChI=1S/C8H15N/c9-8-6-4-2-1-3-5-7(6)8/h6-8H,1-5,9H2/t6-,7+,8?. The number of nitrogens with two attached hydrogens (primary N) is 1. The first-order chi connectivity index (χ1) is 4.39. The first-order valence-electron chi connectivity index (χ1n) is 4.15. The highest BCUT2D eigenvalue weighted by Crippen LogP contribution is 2.46. The lowest BCUT2D eigenvalue weighted by Gasteiger charge is -1.94. The Morgan fingerprint density at radius 2 is 1.44 bits per heavy atom. The van der Waals surface area contributed by atoms with Crippen molar-refractivity contribution in [3.63, 3.8) is 0 Å². The first-order valence-corrected chi connectivity index (χ1v) is 4.15. The predicted octanol–water partition coefficient (Wildman–Crippen LogP) is 1.52. The zero-order chi connectivity index (χ0) is 6.27. The number of fused-ring (bicyclic) bond motifs is 1. The second-order valence-electron chi connectivity index (χ2n) is 3.54. The molecule has 3 atom stereocenters. The van der Waals surface area contributed by atoms with Gasteiger partial charge in [-0.3, -0.25) is 0 Å². The molecule has 0 spiro atoms. The summed E-state index contributed by atoms with van der Waals surface area (Å²) in [6.45, 7) is 0. The minimum Gasteiger partial charge on any atom is -0.327 e. The Morgan fingerprint density at radius 3 is 2.00 bits per heavy atom. The highest BCUT2D eigenvalue weighted by molar-refractivity contribution is 5.01. The predicted molar refractivity (Wildman–Crippen MR) is 38.0 cm³/mol. The fraction of sp³-hybridized carbons (Fsp3) is 1.00. The van der Waals surface area contributed by atoms with Crippen LogP contribution in [0.25, 0.3) is 0 Å². The Hall–Kier alpha value is -0.0400. The van der Waals surface area contributed by atoms with Gasteiger partial charge in [0.05, 0.1) is 0 Å². The smallest absolute Gasteiger partial charge is 0.0102 e. The van der Waals surface area contributed by atoms with Crippen LogP contribution in [0.5, 0.6) is 0 Å². The van der Waals surface area contributed by atoms with Gasteiger partial charge in [0.1, 0.15) is 0 Å². The molecule has 2 fully saturated rings. The molecule has 1 heteroatoms. The molecule has 2 N–H and O–H groups in total. The van der Waals surface area contributed by atoms with E-state index >= 15 is 0 Å². The molecule has 0 bridgehead atoms. The Kier molecular flexibility index (Phi) is 1.26. The van der Waals surface area contributed by atoms with Crippen LogP contribution in [0.15, 0.2) is 0 Å². The quantitative estimate of drug-likeness (QED) is 0.522. The number of hydrogen-bond acceptors (Lipinski definition) is 1. The molecule has 0 amide bonds. The van der Waals surface area contributed by atoms with Gasteiger partial charge in [-0.2, -0.15) is 0 Å². The van der Waals surface area contributed by atoms with Crippen LogP contribution in [0.1, 0.15) is 32.1 Å². The Bertz CT molecular complexity index is 99.1. The van der Waals surface area contributed by atoms with Crippen LogP contribution < -0.4 is 5.73 Å². The lowest BCUT2D eigenvalue weighted by molar-refractivity contribution is 0.619. The maximum atomic E-state index is 5.84. The van der Waals surface area contributed by atoms with E-state index in [4.69, 9.17) is 5.73 Å².